The zero-order chi connectivity index (χ0) is 42.3. The summed E-state index contributed by atoms with van der Waals surface area (Å²) in [4.78, 5) is 4.38. The molecule has 1 aromatic heterocycles. The molecule has 0 fully saturated rings. The Kier molecular flexibility index (Phi) is 8.02. The molecule has 10 aromatic carbocycles. The summed E-state index contributed by atoms with van der Waals surface area (Å²) in [6.07, 6.45) is 0. The fourth-order valence-corrected chi connectivity index (χ4v) is 9.63. The minimum absolute atomic E-state index is 0.296. The first-order valence-electron chi connectivity index (χ1n) is 21.3. The smallest absolute Gasteiger partial charge is 0.159 e. The Morgan fingerprint density at radius 3 is 1.50 bits per heavy atom. The molecule has 0 atom stereocenters. The molecular weight excluding hydrogens is 792 g/mol. The number of para-hydroxylation sites is 4. The first-order chi connectivity index (χ1) is 31.6. The molecule has 2 aliphatic heterocycles. The Bertz CT molecular complexity index is 3600. The summed E-state index contributed by atoms with van der Waals surface area (Å²) in [5, 5.41) is 4.05. The molecule has 5 nitrogen and oxygen atoms in total. The van der Waals surface area contributed by atoms with Gasteiger partial charge in [-0.3, -0.25) is 0 Å². The lowest BCUT2D eigenvalue weighted by Crippen LogP contribution is -2.11. The maximum Gasteiger partial charge on any atom is 0.159 e. The number of nitrogens with zero attached hydrogens (tertiary/aromatic N) is 2. The molecule has 0 amide bonds. The van der Waals surface area contributed by atoms with Crippen molar-refractivity contribution >= 4 is 66.8 Å². The summed E-state index contributed by atoms with van der Waals surface area (Å²) >= 11 is 0. The highest BCUT2D eigenvalue weighted by Gasteiger charge is 2.30. The zero-order valence-corrected chi connectivity index (χ0v) is 34.2. The van der Waals surface area contributed by atoms with Gasteiger partial charge in [-0.05, 0) is 120 Å². The van der Waals surface area contributed by atoms with E-state index in [4.69, 9.17) is 13.9 Å². The fourth-order valence-electron chi connectivity index (χ4n) is 9.63. The maximum absolute atomic E-state index is 15.7. The lowest BCUT2D eigenvalue weighted by molar-refractivity contribution is 0.480. The van der Waals surface area contributed by atoms with Crippen LogP contribution in [0.2, 0.25) is 0 Å². The summed E-state index contributed by atoms with van der Waals surface area (Å²) < 4.78 is 36.0. The normalized spacial score (nSPS) is 12.1. The van der Waals surface area contributed by atoms with Gasteiger partial charge in [-0.1, -0.05) is 97.1 Å². The van der Waals surface area contributed by atoms with Crippen LogP contribution in [0.5, 0.6) is 23.0 Å². The molecule has 0 saturated heterocycles. The van der Waals surface area contributed by atoms with Crippen molar-refractivity contribution in [3.63, 3.8) is 0 Å². The average molecular weight is 827 g/mol. The van der Waals surface area contributed by atoms with Crippen LogP contribution in [0.15, 0.2) is 217 Å². The van der Waals surface area contributed by atoms with Gasteiger partial charge in [0.25, 0.3) is 0 Å². The largest absolute Gasteiger partial charge is 0.456 e. The van der Waals surface area contributed by atoms with Gasteiger partial charge in [0, 0.05) is 73.1 Å². The lowest BCUT2D eigenvalue weighted by atomic mass is 9.88. The second-order valence-corrected chi connectivity index (χ2v) is 16.2. The van der Waals surface area contributed by atoms with Crippen LogP contribution >= 0.6 is 0 Å². The van der Waals surface area contributed by atoms with Gasteiger partial charge >= 0.3 is 0 Å². The fraction of sp³-hybridized carbons (Fsp3) is 0. The van der Waals surface area contributed by atoms with Crippen LogP contribution < -0.4 is 19.3 Å². The van der Waals surface area contributed by atoms with Gasteiger partial charge in [0.1, 0.15) is 34.4 Å². The number of fused-ring (bicyclic) bond motifs is 7. The molecule has 2 aliphatic rings. The average Bonchev–Trinajstić information content (AvgIpc) is 3.74. The van der Waals surface area contributed by atoms with Crippen LogP contribution in [-0.2, 0) is 0 Å². The molecule has 6 heteroatoms. The van der Waals surface area contributed by atoms with Gasteiger partial charge in [0.15, 0.2) is 5.58 Å². The molecule has 0 aliphatic carbocycles. The monoisotopic (exact) mass is 826 g/mol. The second kappa shape index (κ2) is 14.2. The summed E-state index contributed by atoms with van der Waals surface area (Å²) in [5.41, 5.74) is 12.5. The van der Waals surface area contributed by atoms with Crippen LogP contribution in [0.25, 0.3) is 66.1 Å². The Labute approximate surface area is 368 Å². The molecule has 13 rings (SSSR count). The van der Waals surface area contributed by atoms with E-state index in [-0.39, 0.29) is 5.82 Å². The molecule has 11 aromatic rings. The molecule has 64 heavy (non-hydrogen) atoms. The summed E-state index contributed by atoms with van der Waals surface area (Å²) in [7, 11) is 0. The Morgan fingerprint density at radius 1 is 0.344 bits per heavy atom. The van der Waals surface area contributed by atoms with Crippen molar-refractivity contribution in [2.75, 3.05) is 9.80 Å². The third-order valence-electron chi connectivity index (χ3n) is 12.5. The first kappa shape index (κ1) is 36.1. The zero-order valence-electron chi connectivity index (χ0n) is 34.2. The van der Waals surface area contributed by atoms with E-state index < -0.39 is 0 Å². The number of hydrogen-bond acceptors (Lipinski definition) is 5. The van der Waals surface area contributed by atoms with Crippen LogP contribution in [0.3, 0.4) is 0 Å². The molecule has 0 bridgehead atoms. The van der Waals surface area contributed by atoms with E-state index in [0.29, 0.717) is 11.3 Å². The van der Waals surface area contributed by atoms with E-state index in [1.165, 1.54) is 6.07 Å². The number of benzene rings is 10. The number of anilines is 6. The van der Waals surface area contributed by atoms with E-state index >= 15 is 4.39 Å². The summed E-state index contributed by atoms with van der Waals surface area (Å²) in [6.45, 7) is 0. The quantitative estimate of drug-likeness (QED) is 0.160. The highest BCUT2D eigenvalue weighted by Crippen LogP contribution is 2.57. The highest BCUT2D eigenvalue weighted by molar-refractivity contribution is 6.15. The van der Waals surface area contributed by atoms with Crippen LogP contribution in [0.1, 0.15) is 0 Å². The van der Waals surface area contributed by atoms with Gasteiger partial charge in [-0.2, -0.15) is 0 Å². The van der Waals surface area contributed by atoms with Crippen molar-refractivity contribution < 1.29 is 18.3 Å². The molecule has 3 heterocycles. The highest BCUT2D eigenvalue weighted by atomic mass is 19.1. The number of ether oxygens (including phenoxy) is 2. The van der Waals surface area contributed by atoms with Crippen molar-refractivity contribution in [1.82, 2.24) is 0 Å². The van der Waals surface area contributed by atoms with E-state index in [1.807, 2.05) is 78.9 Å². The number of halogens is 1. The van der Waals surface area contributed by atoms with Crippen molar-refractivity contribution in [2.45, 2.75) is 0 Å². The van der Waals surface area contributed by atoms with E-state index in [1.54, 1.807) is 0 Å². The van der Waals surface area contributed by atoms with Crippen molar-refractivity contribution in [1.29, 1.82) is 0 Å². The van der Waals surface area contributed by atoms with E-state index in [0.717, 1.165) is 112 Å². The van der Waals surface area contributed by atoms with Crippen LogP contribution in [-0.4, -0.2) is 0 Å². The van der Waals surface area contributed by atoms with E-state index in [2.05, 4.69) is 137 Å². The molecular formula is C58H35FN2O3. The Morgan fingerprint density at radius 2 is 0.859 bits per heavy atom. The molecule has 0 radical (unpaired) electrons. The van der Waals surface area contributed by atoms with Crippen molar-refractivity contribution in [2.24, 2.45) is 0 Å². The number of hydrogen-bond donors (Lipinski definition) is 0. The third-order valence-corrected chi connectivity index (χ3v) is 12.5. The molecule has 0 unspecified atom stereocenters. The number of furan rings is 1. The standard InChI is InChI=1S/C58H35FN2O3/c59-49-30-25-39(33-48(49)36-13-4-1-5-14-36)61(50-21-12-20-47-42-19-10-11-22-51(42)64-58(47)50)41-24-27-44-46-29-31-52-56-45(28-32-53(57(46)56)63-55(44)35-41)43-26-23-40(34-54(43)62-52)60(37-15-6-2-7-16-37)38-17-8-3-9-18-38/h1-35H. The third kappa shape index (κ3) is 5.63. The molecule has 302 valence electrons. The Hall–Kier alpha value is -8.61. The first-order valence-corrected chi connectivity index (χ1v) is 21.3. The van der Waals surface area contributed by atoms with Gasteiger partial charge in [-0.25, -0.2) is 4.39 Å². The predicted octanol–water partition coefficient (Wildman–Crippen LogP) is 17.0. The van der Waals surface area contributed by atoms with Gasteiger partial charge in [-0.15, -0.1) is 0 Å². The molecule has 0 N–H and O–H groups in total. The maximum atomic E-state index is 15.7. The van der Waals surface area contributed by atoms with Gasteiger partial charge in [0.05, 0.1) is 11.4 Å². The minimum atomic E-state index is -0.296. The number of rotatable bonds is 7. The van der Waals surface area contributed by atoms with Gasteiger partial charge < -0.3 is 23.7 Å². The molecule has 0 spiro atoms. The Balaban J connectivity index is 0.936. The van der Waals surface area contributed by atoms with Crippen LogP contribution in [0, 0.1) is 5.82 Å². The molecule has 0 saturated carbocycles. The SMILES string of the molecule is Fc1ccc(N(c2ccc3c(c2)Oc2ccc4c5c(ccc-3c25)Oc2cc(N(c3ccccc3)c3ccccc3)ccc2-4)c2cccc3c2oc2ccccc23)cc1-c1ccccc1. The minimum Gasteiger partial charge on any atom is -0.456 e. The van der Waals surface area contributed by atoms with Crippen molar-refractivity contribution in [3.8, 4) is 56.4 Å². The van der Waals surface area contributed by atoms with Crippen molar-refractivity contribution in [3.05, 3.63) is 218 Å². The summed E-state index contributed by atoms with van der Waals surface area (Å²) in [5.74, 6) is 2.75. The van der Waals surface area contributed by atoms with Gasteiger partial charge in [0.2, 0.25) is 0 Å². The second-order valence-electron chi connectivity index (χ2n) is 16.2. The summed E-state index contributed by atoms with van der Waals surface area (Å²) in [6, 6.07) is 71.1. The lowest BCUT2D eigenvalue weighted by Gasteiger charge is -2.30. The van der Waals surface area contributed by atoms with E-state index in [9.17, 15) is 0 Å². The predicted molar refractivity (Wildman–Crippen MR) is 257 cm³/mol. The van der Waals surface area contributed by atoms with Crippen LogP contribution in [0.4, 0.5) is 38.5 Å². The topological polar surface area (TPSA) is 38.1 Å².